The second-order valence-electron chi connectivity index (χ2n) is 14.9. The number of hydrogen-bond acceptors (Lipinski definition) is 5. The molecule has 5 heterocycles. The van der Waals surface area contributed by atoms with Crippen LogP contribution in [0, 0.1) is 0 Å². The van der Waals surface area contributed by atoms with Crippen LogP contribution in [0.15, 0.2) is 175 Å². The Labute approximate surface area is 335 Å². The van der Waals surface area contributed by atoms with Gasteiger partial charge in [-0.15, -0.1) is 11.3 Å². The van der Waals surface area contributed by atoms with E-state index in [1.54, 1.807) is 0 Å². The molecular weight excluding hydrogens is 733 g/mol. The second-order valence-corrected chi connectivity index (χ2v) is 17.1. The van der Waals surface area contributed by atoms with Crippen LogP contribution in [0.3, 0.4) is 0 Å². The maximum Gasteiger partial charge on any atom is 0.160 e. The number of nitrogens with zero attached hydrogens (tertiary/aromatic N) is 3. The monoisotopic (exact) mass is 762 g/mol. The van der Waals surface area contributed by atoms with Crippen LogP contribution in [0.2, 0.25) is 0 Å². The number of hydrogen-bond donors (Lipinski definition) is 1. The Kier molecular flexibility index (Phi) is 6.56. The molecule has 0 aliphatic carbocycles. The van der Waals surface area contributed by atoms with Crippen molar-refractivity contribution in [1.29, 1.82) is 0 Å². The molecule has 6 heteroatoms. The molecule has 1 aliphatic rings. The molecule has 0 amide bonds. The first-order chi connectivity index (χ1) is 28.2. The van der Waals surface area contributed by atoms with E-state index in [1.165, 1.54) is 80.0 Å². The molecule has 0 saturated heterocycles. The topological polar surface area (TPSA) is 42.2 Å². The van der Waals surface area contributed by atoms with Crippen LogP contribution in [0.4, 0.5) is 5.69 Å². The molecular formula is C51H30N4S2. The largest absolute Gasteiger partial charge is 0.368 e. The Balaban J connectivity index is 0.986. The van der Waals surface area contributed by atoms with Gasteiger partial charge >= 0.3 is 0 Å². The van der Waals surface area contributed by atoms with Crippen molar-refractivity contribution < 1.29 is 0 Å². The van der Waals surface area contributed by atoms with Crippen LogP contribution in [0.1, 0.15) is 10.9 Å². The number of aromatic nitrogens is 3. The van der Waals surface area contributed by atoms with Crippen molar-refractivity contribution in [3.05, 3.63) is 175 Å². The predicted molar refractivity (Wildman–Crippen MR) is 242 cm³/mol. The van der Waals surface area contributed by atoms with Crippen LogP contribution in [0.5, 0.6) is 0 Å². The summed E-state index contributed by atoms with van der Waals surface area (Å²) in [5, 5.41) is 12.8. The molecule has 57 heavy (non-hydrogen) atoms. The molecule has 1 unspecified atom stereocenters. The molecule has 1 aliphatic heterocycles. The molecule has 0 bridgehead atoms. The zero-order valence-electron chi connectivity index (χ0n) is 30.4. The summed E-state index contributed by atoms with van der Waals surface area (Å²) >= 11 is 3.76. The molecule has 0 spiro atoms. The van der Waals surface area contributed by atoms with Gasteiger partial charge in [0.2, 0.25) is 0 Å². The molecule has 4 aromatic heterocycles. The lowest BCUT2D eigenvalue weighted by molar-refractivity contribution is 1.14. The third kappa shape index (κ3) is 4.57. The minimum Gasteiger partial charge on any atom is -0.368 e. The molecule has 266 valence electrons. The lowest BCUT2D eigenvalue weighted by atomic mass is 9.99. The van der Waals surface area contributed by atoms with Crippen molar-refractivity contribution in [1.82, 2.24) is 14.4 Å². The first-order valence-corrected chi connectivity index (χ1v) is 21.0. The Bertz CT molecular complexity index is 3600. The highest BCUT2D eigenvalue weighted by atomic mass is 32.2. The van der Waals surface area contributed by atoms with E-state index in [1.807, 2.05) is 23.1 Å². The number of fused-ring (bicyclic) bond motifs is 12. The molecule has 4 nitrogen and oxygen atoms in total. The smallest absolute Gasteiger partial charge is 0.160 e. The van der Waals surface area contributed by atoms with E-state index in [4.69, 9.17) is 9.97 Å². The molecule has 1 atom stereocenters. The number of nitrogens with one attached hydrogen (secondary N) is 1. The molecule has 0 fully saturated rings. The van der Waals surface area contributed by atoms with E-state index in [-0.39, 0.29) is 5.37 Å². The first kappa shape index (κ1) is 31.5. The third-order valence-corrected chi connectivity index (χ3v) is 14.3. The highest BCUT2D eigenvalue weighted by Crippen LogP contribution is 2.55. The van der Waals surface area contributed by atoms with Crippen molar-refractivity contribution in [2.75, 3.05) is 5.32 Å². The van der Waals surface area contributed by atoms with Crippen LogP contribution in [-0.4, -0.2) is 14.4 Å². The van der Waals surface area contributed by atoms with E-state index in [0.717, 1.165) is 39.1 Å². The summed E-state index contributed by atoms with van der Waals surface area (Å²) in [5.74, 6) is 0.726. The van der Waals surface area contributed by atoms with Gasteiger partial charge in [-0.2, -0.15) is 0 Å². The zero-order valence-corrected chi connectivity index (χ0v) is 32.0. The van der Waals surface area contributed by atoms with Gasteiger partial charge in [0.05, 0.1) is 33.4 Å². The van der Waals surface area contributed by atoms with Crippen LogP contribution in [0.25, 0.3) is 103 Å². The second kappa shape index (κ2) is 11.9. The predicted octanol–water partition coefficient (Wildman–Crippen LogP) is 14.4. The van der Waals surface area contributed by atoms with Crippen molar-refractivity contribution in [2.24, 2.45) is 0 Å². The van der Waals surface area contributed by atoms with E-state index in [0.29, 0.717) is 0 Å². The standard InChI is InChI=1S/C51H30N4S2/c1-2-12-29(13-3-1)51-53-41-28-38-33-16-5-8-22-42(33)55-43-25-24-31(27-39(43)45(47(38)55)49(41)57-51)30-14-10-15-32(26-30)50-52-40-21-7-4-18-36(40)46(54-50)37-20-11-19-35-34-17-6-9-23-44(34)56-48(35)37/h1-28,51,53H. The minimum atomic E-state index is 0.158. The lowest BCUT2D eigenvalue weighted by Crippen LogP contribution is -2.00. The molecule has 12 aromatic rings. The Morgan fingerprint density at radius 2 is 1.26 bits per heavy atom. The maximum absolute atomic E-state index is 5.38. The summed E-state index contributed by atoms with van der Waals surface area (Å²) in [6.45, 7) is 0. The van der Waals surface area contributed by atoms with Gasteiger partial charge in [0, 0.05) is 63.1 Å². The molecule has 13 rings (SSSR count). The van der Waals surface area contributed by atoms with E-state index < -0.39 is 0 Å². The van der Waals surface area contributed by atoms with Crippen molar-refractivity contribution in [3.8, 4) is 33.8 Å². The summed E-state index contributed by atoms with van der Waals surface area (Å²) in [6, 6.07) is 61.4. The Morgan fingerprint density at radius 1 is 0.526 bits per heavy atom. The lowest BCUT2D eigenvalue weighted by Gasteiger charge is -2.11. The number of para-hydroxylation sites is 2. The van der Waals surface area contributed by atoms with Crippen LogP contribution >= 0.6 is 23.1 Å². The summed E-state index contributed by atoms with van der Waals surface area (Å²) < 4.78 is 5.02. The SMILES string of the molecule is c1ccc(C2Nc3cc4c5ccccc5n5c6ccc(-c7cccc(-c8nc(-c9cccc%10c9sc9ccccc9%10)c9ccccc9n8)c7)cc6c(c3S2)c45)cc1. The zero-order chi connectivity index (χ0) is 37.2. The van der Waals surface area contributed by atoms with E-state index in [9.17, 15) is 0 Å². The number of thiophene rings is 1. The third-order valence-electron chi connectivity index (χ3n) is 11.8. The molecule has 1 N–H and O–H groups in total. The Morgan fingerprint density at radius 3 is 2.19 bits per heavy atom. The van der Waals surface area contributed by atoms with E-state index >= 15 is 0 Å². The fourth-order valence-corrected chi connectivity index (χ4v) is 11.7. The molecule has 0 radical (unpaired) electrons. The van der Waals surface area contributed by atoms with E-state index in [2.05, 4.69) is 180 Å². The van der Waals surface area contributed by atoms with Gasteiger partial charge in [-0.1, -0.05) is 139 Å². The fourth-order valence-electron chi connectivity index (χ4n) is 9.20. The molecule has 0 saturated carbocycles. The average molecular weight is 763 g/mol. The normalized spacial score (nSPS) is 14.2. The minimum absolute atomic E-state index is 0.158. The maximum atomic E-state index is 5.38. The summed E-state index contributed by atoms with van der Waals surface area (Å²) in [7, 11) is 0. The van der Waals surface area contributed by atoms with Crippen molar-refractivity contribution >= 4 is 98.0 Å². The van der Waals surface area contributed by atoms with Gasteiger partial charge in [0.15, 0.2) is 5.82 Å². The van der Waals surface area contributed by atoms with Crippen molar-refractivity contribution in [3.63, 3.8) is 0 Å². The highest BCUT2D eigenvalue weighted by Gasteiger charge is 2.30. The Hall–Kier alpha value is -6.73. The van der Waals surface area contributed by atoms with Gasteiger partial charge in [-0.05, 0) is 59.2 Å². The number of thioether (sulfide) groups is 1. The highest BCUT2D eigenvalue weighted by molar-refractivity contribution is 8.00. The van der Waals surface area contributed by atoms with Gasteiger partial charge in [0.1, 0.15) is 5.37 Å². The van der Waals surface area contributed by atoms with Gasteiger partial charge in [0.25, 0.3) is 0 Å². The van der Waals surface area contributed by atoms with Gasteiger partial charge in [-0.3, -0.25) is 0 Å². The average Bonchev–Trinajstić information content (AvgIpc) is 4.04. The van der Waals surface area contributed by atoms with Crippen LogP contribution in [-0.2, 0) is 0 Å². The summed E-state index contributed by atoms with van der Waals surface area (Å²) in [4.78, 5) is 11.9. The summed E-state index contributed by atoms with van der Waals surface area (Å²) in [6.07, 6.45) is 0. The van der Waals surface area contributed by atoms with Crippen molar-refractivity contribution in [2.45, 2.75) is 10.3 Å². The number of rotatable bonds is 4. The van der Waals surface area contributed by atoms with Gasteiger partial charge in [-0.25, -0.2) is 9.97 Å². The first-order valence-electron chi connectivity index (χ1n) is 19.3. The van der Waals surface area contributed by atoms with Gasteiger partial charge < -0.3 is 9.72 Å². The number of benzene rings is 8. The molecule has 8 aromatic carbocycles. The van der Waals surface area contributed by atoms with Crippen LogP contribution < -0.4 is 5.32 Å². The summed E-state index contributed by atoms with van der Waals surface area (Å²) in [5.41, 5.74) is 12.6. The number of anilines is 1. The quantitative estimate of drug-likeness (QED) is 0.194. The fraction of sp³-hybridized carbons (Fsp3) is 0.0196.